The standard InChI is InChI=1S/C10H7BrOS/c1-6-4-9-7(2-3-13-9)10(11)8(6)5-12/h2-5H,1H3. The molecule has 1 aromatic heterocycles. The van der Waals surface area contributed by atoms with E-state index in [9.17, 15) is 4.79 Å². The van der Waals surface area contributed by atoms with Gasteiger partial charge in [-0.1, -0.05) is 0 Å². The van der Waals surface area contributed by atoms with Gasteiger partial charge in [0, 0.05) is 20.1 Å². The summed E-state index contributed by atoms with van der Waals surface area (Å²) < 4.78 is 2.13. The SMILES string of the molecule is Cc1cc2sccc2c(Br)c1C=O. The van der Waals surface area contributed by atoms with E-state index >= 15 is 0 Å². The minimum atomic E-state index is 0.755. The first-order valence-corrected chi connectivity index (χ1v) is 5.53. The molecule has 0 radical (unpaired) electrons. The number of rotatable bonds is 1. The van der Waals surface area contributed by atoms with Crippen molar-refractivity contribution in [1.82, 2.24) is 0 Å². The largest absolute Gasteiger partial charge is 0.298 e. The van der Waals surface area contributed by atoms with Gasteiger partial charge in [-0.3, -0.25) is 4.79 Å². The van der Waals surface area contributed by atoms with Crippen molar-refractivity contribution in [2.24, 2.45) is 0 Å². The Labute approximate surface area is 88.5 Å². The molecule has 0 amide bonds. The van der Waals surface area contributed by atoms with Gasteiger partial charge in [-0.05, 0) is 45.9 Å². The molecule has 1 nitrogen and oxygen atoms in total. The zero-order valence-corrected chi connectivity index (χ0v) is 9.41. The van der Waals surface area contributed by atoms with Crippen molar-refractivity contribution in [3.63, 3.8) is 0 Å². The van der Waals surface area contributed by atoms with Gasteiger partial charge in [0.2, 0.25) is 0 Å². The molecule has 66 valence electrons. The molecular weight excluding hydrogens is 248 g/mol. The third-order valence-corrected chi connectivity index (χ3v) is 3.78. The summed E-state index contributed by atoms with van der Waals surface area (Å²) >= 11 is 5.14. The number of benzene rings is 1. The molecule has 0 aliphatic rings. The van der Waals surface area contributed by atoms with Crippen molar-refractivity contribution in [3.8, 4) is 0 Å². The molecule has 0 saturated heterocycles. The van der Waals surface area contributed by atoms with Crippen LogP contribution < -0.4 is 0 Å². The van der Waals surface area contributed by atoms with E-state index in [0.29, 0.717) is 0 Å². The molecule has 2 rings (SSSR count). The predicted molar refractivity (Wildman–Crippen MR) is 59.6 cm³/mol. The van der Waals surface area contributed by atoms with E-state index in [1.807, 2.05) is 18.4 Å². The summed E-state index contributed by atoms with van der Waals surface area (Å²) in [6.45, 7) is 1.95. The van der Waals surface area contributed by atoms with Crippen molar-refractivity contribution in [2.75, 3.05) is 0 Å². The summed E-state index contributed by atoms with van der Waals surface area (Å²) in [5, 5.41) is 3.15. The van der Waals surface area contributed by atoms with Crippen LogP contribution in [0.2, 0.25) is 0 Å². The van der Waals surface area contributed by atoms with Gasteiger partial charge in [0.25, 0.3) is 0 Å². The van der Waals surface area contributed by atoms with Crippen LogP contribution in [0.4, 0.5) is 0 Å². The molecule has 0 aliphatic heterocycles. The van der Waals surface area contributed by atoms with Crippen molar-refractivity contribution >= 4 is 43.6 Å². The summed E-state index contributed by atoms with van der Waals surface area (Å²) in [6, 6.07) is 4.07. The van der Waals surface area contributed by atoms with E-state index in [1.165, 1.54) is 4.70 Å². The topological polar surface area (TPSA) is 17.1 Å². The first-order valence-electron chi connectivity index (χ1n) is 3.85. The third kappa shape index (κ3) is 1.32. The number of aryl methyl sites for hydroxylation is 1. The van der Waals surface area contributed by atoms with Crippen LogP contribution in [0.3, 0.4) is 0 Å². The first kappa shape index (κ1) is 8.91. The summed E-state index contributed by atoms with van der Waals surface area (Å²) in [6.07, 6.45) is 0.899. The molecule has 0 unspecified atom stereocenters. The number of fused-ring (bicyclic) bond motifs is 1. The van der Waals surface area contributed by atoms with E-state index in [0.717, 1.165) is 27.3 Å². The minimum Gasteiger partial charge on any atom is -0.298 e. The van der Waals surface area contributed by atoms with Crippen molar-refractivity contribution < 1.29 is 4.79 Å². The zero-order valence-electron chi connectivity index (χ0n) is 7.00. The average molecular weight is 255 g/mol. The summed E-state index contributed by atoms with van der Waals surface area (Å²) in [5.41, 5.74) is 1.78. The second kappa shape index (κ2) is 3.24. The Morgan fingerprint density at radius 3 is 3.00 bits per heavy atom. The molecule has 0 aliphatic carbocycles. The maximum absolute atomic E-state index is 10.8. The summed E-state index contributed by atoms with van der Waals surface area (Å²) in [4.78, 5) is 10.8. The molecule has 0 atom stereocenters. The second-order valence-corrected chi connectivity index (χ2v) is 4.61. The van der Waals surface area contributed by atoms with Crippen LogP contribution in [-0.4, -0.2) is 6.29 Å². The van der Waals surface area contributed by atoms with Crippen LogP contribution in [0, 0.1) is 6.92 Å². The summed E-state index contributed by atoms with van der Waals surface area (Å²) in [5.74, 6) is 0. The number of hydrogen-bond acceptors (Lipinski definition) is 2. The minimum absolute atomic E-state index is 0.755. The first-order chi connectivity index (χ1) is 6.24. The quantitative estimate of drug-likeness (QED) is 0.708. The number of carbonyl (C=O) groups excluding carboxylic acids is 1. The lowest BCUT2D eigenvalue weighted by atomic mass is 10.1. The van der Waals surface area contributed by atoms with Crippen LogP contribution in [0.25, 0.3) is 10.1 Å². The molecule has 13 heavy (non-hydrogen) atoms. The van der Waals surface area contributed by atoms with Crippen molar-refractivity contribution in [1.29, 1.82) is 0 Å². The fraction of sp³-hybridized carbons (Fsp3) is 0.100. The maximum atomic E-state index is 10.8. The van der Waals surface area contributed by atoms with Gasteiger partial charge in [-0.2, -0.15) is 0 Å². The lowest BCUT2D eigenvalue weighted by Gasteiger charge is -2.02. The van der Waals surface area contributed by atoms with Crippen LogP contribution in [0.15, 0.2) is 22.0 Å². The molecule has 3 heteroatoms. The van der Waals surface area contributed by atoms with Gasteiger partial charge < -0.3 is 0 Å². The second-order valence-electron chi connectivity index (χ2n) is 2.87. The van der Waals surface area contributed by atoms with E-state index in [1.54, 1.807) is 11.3 Å². The van der Waals surface area contributed by atoms with Gasteiger partial charge >= 0.3 is 0 Å². The fourth-order valence-electron chi connectivity index (χ4n) is 1.35. The van der Waals surface area contributed by atoms with E-state index < -0.39 is 0 Å². The third-order valence-electron chi connectivity index (χ3n) is 2.06. The van der Waals surface area contributed by atoms with Crippen LogP contribution >= 0.6 is 27.3 Å². The number of halogens is 1. The lowest BCUT2D eigenvalue weighted by Crippen LogP contribution is -1.87. The normalized spacial score (nSPS) is 10.6. The Morgan fingerprint density at radius 2 is 2.31 bits per heavy atom. The predicted octanol–water partition coefficient (Wildman–Crippen LogP) is 3.78. The van der Waals surface area contributed by atoms with E-state index in [4.69, 9.17) is 0 Å². The zero-order chi connectivity index (χ0) is 9.42. The molecule has 0 fully saturated rings. The Morgan fingerprint density at radius 1 is 1.54 bits per heavy atom. The molecular formula is C10H7BrOS. The molecule has 1 heterocycles. The maximum Gasteiger partial charge on any atom is 0.151 e. The molecule has 1 aromatic carbocycles. The van der Waals surface area contributed by atoms with Crippen LogP contribution in [0.5, 0.6) is 0 Å². The highest BCUT2D eigenvalue weighted by Gasteiger charge is 2.08. The van der Waals surface area contributed by atoms with Crippen LogP contribution in [-0.2, 0) is 0 Å². The molecule has 0 spiro atoms. The van der Waals surface area contributed by atoms with Crippen LogP contribution in [0.1, 0.15) is 15.9 Å². The lowest BCUT2D eigenvalue weighted by molar-refractivity contribution is 0.112. The van der Waals surface area contributed by atoms with Gasteiger partial charge in [-0.25, -0.2) is 0 Å². The number of thiophene rings is 1. The number of carbonyl (C=O) groups is 1. The van der Waals surface area contributed by atoms with E-state index in [2.05, 4.69) is 22.0 Å². The van der Waals surface area contributed by atoms with Gasteiger partial charge in [0.1, 0.15) is 0 Å². The Bertz CT molecular complexity index is 473. The fourth-order valence-corrected chi connectivity index (χ4v) is 3.13. The molecule has 0 saturated carbocycles. The average Bonchev–Trinajstić information content (AvgIpc) is 2.53. The molecule has 0 bridgehead atoms. The number of aldehydes is 1. The van der Waals surface area contributed by atoms with Gasteiger partial charge in [0.05, 0.1) is 0 Å². The van der Waals surface area contributed by atoms with Crippen molar-refractivity contribution in [3.05, 3.63) is 33.1 Å². The Balaban J connectivity index is 2.92. The number of hydrogen-bond donors (Lipinski definition) is 0. The molecule has 0 N–H and O–H groups in total. The van der Waals surface area contributed by atoms with Crippen molar-refractivity contribution in [2.45, 2.75) is 6.92 Å². The highest BCUT2D eigenvalue weighted by molar-refractivity contribution is 9.10. The van der Waals surface area contributed by atoms with Gasteiger partial charge in [0.15, 0.2) is 6.29 Å². The summed E-state index contributed by atoms with van der Waals surface area (Å²) in [7, 11) is 0. The highest BCUT2D eigenvalue weighted by Crippen LogP contribution is 2.32. The monoisotopic (exact) mass is 254 g/mol. The Kier molecular flexibility index (Phi) is 2.22. The Hall–Kier alpha value is -0.670. The highest BCUT2D eigenvalue weighted by atomic mass is 79.9. The smallest absolute Gasteiger partial charge is 0.151 e. The van der Waals surface area contributed by atoms with E-state index in [-0.39, 0.29) is 0 Å². The molecule has 2 aromatic rings. The van der Waals surface area contributed by atoms with Gasteiger partial charge in [-0.15, -0.1) is 11.3 Å².